The van der Waals surface area contributed by atoms with Gasteiger partial charge in [-0.15, -0.1) is 0 Å². The van der Waals surface area contributed by atoms with Gasteiger partial charge in [0, 0.05) is 17.9 Å². The molecule has 0 aliphatic heterocycles. The predicted molar refractivity (Wildman–Crippen MR) is 95.4 cm³/mol. The van der Waals surface area contributed by atoms with E-state index in [0.29, 0.717) is 10.7 Å². The Balaban J connectivity index is 1.76. The first-order chi connectivity index (χ1) is 12.3. The maximum absolute atomic E-state index is 11.8. The third-order valence-electron chi connectivity index (χ3n) is 2.96. The van der Waals surface area contributed by atoms with Gasteiger partial charge < -0.3 is 9.73 Å². The molecule has 11 heteroatoms. The molecule has 1 aromatic heterocycles. The largest absolute Gasteiger partial charge is 0.433 e. The number of carbonyl (C=O) groups excluding carboxylic acids is 2. The van der Waals surface area contributed by atoms with Gasteiger partial charge >= 0.3 is 5.88 Å². The number of halogens is 2. The van der Waals surface area contributed by atoms with Gasteiger partial charge in [-0.3, -0.25) is 19.7 Å². The van der Waals surface area contributed by atoms with E-state index in [9.17, 15) is 19.7 Å². The van der Waals surface area contributed by atoms with Crippen LogP contribution in [0.1, 0.15) is 18.6 Å². The highest BCUT2D eigenvalue weighted by Crippen LogP contribution is 2.25. The zero-order valence-electron chi connectivity index (χ0n) is 13.1. The Kier molecular flexibility index (Phi) is 6.70. The molecule has 2 rings (SSSR count). The van der Waals surface area contributed by atoms with Gasteiger partial charge in [-0.1, -0.05) is 23.2 Å². The molecule has 0 saturated heterocycles. The molecule has 0 fully saturated rings. The van der Waals surface area contributed by atoms with Crippen LogP contribution in [0, 0.1) is 10.1 Å². The minimum absolute atomic E-state index is 0.0907. The summed E-state index contributed by atoms with van der Waals surface area (Å²) in [6.45, 7) is 0. The van der Waals surface area contributed by atoms with E-state index in [-0.39, 0.29) is 23.6 Å². The van der Waals surface area contributed by atoms with Gasteiger partial charge in [0.25, 0.3) is 0 Å². The van der Waals surface area contributed by atoms with E-state index in [2.05, 4.69) is 15.8 Å². The number of hydrogen-bond donors (Lipinski definition) is 2. The highest BCUT2D eigenvalue weighted by Gasteiger charge is 2.11. The molecule has 0 radical (unpaired) electrons. The molecule has 1 heterocycles. The average Bonchev–Trinajstić information content (AvgIpc) is 3.05. The highest BCUT2D eigenvalue weighted by molar-refractivity contribution is 6.36. The van der Waals surface area contributed by atoms with Crippen LogP contribution in [-0.2, 0) is 9.59 Å². The molecule has 1 aromatic carbocycles. The number of hydrogen-bond acceptors (Lipinski definition) is 6. The fourth-order valence-corrected chi connectivity index (χ4v) is 2.22. The number of nitrogens with one attached hydrogen (secondary N) is 2. The van der Waals surface area contributed by atoms with E-state index in [1.807, 2.05) is 0 Å². The molecule has 9 nitrogen and oxygen atoms in total. The summed E-state index contributed by atoms with van der Waals surface area (Å²) in [5.41, 5.74) is 2.57. The van der Waals surface area contributed by atoms with Gasteiger partial charge in [0.15, 0.2) is 5.76 Å². The number of furan rings is 1. The van der Waals surface area contributed by atoms with Crippen LogP contribution in [0.15, 0.2) is 39.9 Å². The van der Waals surface area contributed by atoms with Crippen molar-refractivity contribution in [2.75, 3.05) is 5.32 Å². The lowest BCUT2D eigenvalue weighted by Gasteiger charge is -2.07. The monoisotopic (exact) mass is 398 g/mol. The summed E-state index contributed by atoms with van der Waals surface area (Å²) >= 11 is 11.7. The predicted octanol–water partition coefficient (Wildman–Crippen LogP) is 3.36. The van der Waals surface area contributed by atoms with Crippen molar-refractivity contribution in [2.45, 2.75) is 12.8 Å². The standard InChI is InChI=1S/C15H12Cl2N4O5/c16-9-1-3-12(11(17)7-9)19-13(22)4-5-14(23)20-18-8-10-2-6-15(26-10)21(24)25/h1-3,6-8H,4-5H2,(H,19,22)(H,20,23)/b18-8-. The highest BCUT2D eigenvalue weighted by atomic mass is 35.5. The second-order valence-corrected chi connectivity index (χ2v) is 5.74. The summed E-state index contributed by atoms with van der Waals surface area (Å²) in [6, 6.07) is 7.10. The second-order valence-electron chi connectivity index (χ2n) is 4.90. The van der Waals surface area contributed by atoms with Crippen molar-refractivity contribution in [1.29, 1.82) is 0 Å². The molecule has 0 bridgehead atoms. The molecule has 2 aromatic rings. The van der Waals surface area contributed by atoms with Gasteiger partial charge in [0.2, 0.25) is 11.8 Å². The van der Waals surface area contributed by atoms with Crippen molar-refractivity contribution in [3.63, 3.8) is 0 Å². The first-order valence-corrected chi connectivity index (χ1v) is 7.92. The third kappa shape index (κ3) is 5.87. The summed E-state index contributed by atoms with van der Waals surface area (Å²) in [5, 5.41) is 17.3. The Bertz CT molecular complexity index is 865. The van der Waals surface area contributed by atoms with Crippen molar-refractivity contribution in [3.8, 4) is 0 Å². The van der Waals surface area contributed by atoms with E-state index < -0.39 is 22.6 Å². The average molecular weight is 399 g/mol. The van der Waals surface area contributed by atoms with E-state index in [4.69, 9.17) is 27.6 Å². The smallest absolute Gasteiger partial charge is 0.400 e. The Hall–Kier alpha value is -2.91. The van der Waals surface area contributed by atoms with E-state index in [0.717, 1.165) is 12.3 Å². The van der Waals surface area contributed by atoms with Crippen LogP contribution < -0.4 is 10.7 Å². The Morgan fingerprint density at radius 1 is 1.19 bits per heavy atom. The molecule has 0 spiro atoms. The number of benzene rings is 1. The van der Waals surface area contributed by atoms with Gasteiger partial charge in [0.05, 0.1) is 23.0 Å². The third-order valence-corrected chi connectivity index (χ3v) is 3.51. The minimum Gasteiger partial charge on any atom is -0.400 e. The summed E-state index contributed by atoms with van der Waals surface area (Å²) in [4.78, 5) is 33.2. The van der Waals surface area contributed by atoms with Crippen LogP contribution >= 0.6 is 23.2 Å². The maximum Gasteiger partial charge on any atom is 0.433 e. The molecule has 136 valence electrons. The normalized spacial score (nSPS) is 10.7. The van der Waals surface area contributed by atoms with Crippen LogP contribution in [0.5, 0.6) is 0 Å². The van der Waals surface area contributed by atoms with Gasteiger partial charge in [-0.05, 0) is 24.3 Å². The van der Waals surface area contributed by atoms with Gasteiger partial charge in [0.1, 0.15) is 4.92 Å². The minimum atomic E-state index is -0.693. The first-order valence-electron chi connectivity index (χ1n) is 7.16. The summed E-state index contributed by atoms with van der Waals surface area (Å²) in [7, 11) is 0. The maximum atomic E-state index is 11.8. The molecule has 0 aliphatic rings. The second kappa shape index (κ2) is 8.97. The van der Waals surface area contributed by atoms with Crippen molar-refractivity contribution in [2.24, 2.45) is 5.10 Å². The van der Waals surface area contributed by atoms with Crippen LogP contribution in [0.4, 0.5) is 11.6 Å². The lowest BCUT2D eigenvalue weighted by atomic mass is 10.2. The number of rotatable bonds is 7. The number of carbonyl (C=O) groups is 2. The van der Waals surface area contributed by atoms with Gasteiger partial charge in [-0.25, -0.2) is 5.43 Å². The van der Waals surface area contributed by atoms with Crippen molar-refractivity contribution >= 4 is 52.8 Å². The quantitative estimate of drug-likeness (QED) is 0.419. The number of anilines is 1. The number of nitro groups is 1. The van der Waals surface area contributed by atoms with Gasteiger partial charge in [-0.2, -0.15) is 5.10 Å². The molecule has 0 unspecified atom stereocenters. The Morgan fingerprint density at radius 3 is 2.58 bits per heavy atom. The fourth-order valence-electron chi connectivity index (χ4n) is 1.76. The van der Waals surface area contributed by atoms with Crippen molar-refractivity contribution in [1.82, 2.24) is 5.43 Å². The summed E-state index contributed by atoms with van der Waals surface area (Å²) < 4.78 is 4.83. The van der Waals surface area contributed by atoms with E-state index in [1.165, 1.54) is 12.1 Å². The number of nitrogens with zero attached hydrogens (tertiary/aromatic N) is 2. The molecular weight excluding hydrogens is 387 g/mol. The number of amides is 2. The van der Waals surface area contributed by atoms with Crippen LogP contribution in [0.2, 0.25) is 10.0 Å². The summed E-state index contributed by atoms with van der Waals surface area (Å²) in [6.07, 6.45) is 0.900. The molecule has 26 heavy (non-hydrogen) atoms. The molecule has 0 aliphatic carbocycles. The molecule has 2 amide bonds. The molecule has 0 saturated carbocycles. The Morgan fingerprint density at radius 2 is 1.92 bits per heavy atom. The summed E-state index contributed by atoms with van der Waals surface area (Å²) in [5.74, 6) is -1.25. The van der Waals surface area contributed by atoms with E-state index in [1.54, 1.807) is 12.1 Å². The lowest BCUT2D eigenvalue weighted by Crippen LogP contribution is -2.20. The van der Waals surface area contributed by atoms with Crippen LogP contribution in [0.3, 0.4) is 0 Å². The molecule has 2 N–H and O–H groups in total. The van der Waals surface area contributed by atoms with Crippen molar-refractivity contribution in [3.05, 3.63) is 56.3 Å². The topological polar surface area (TPSA) is 127 Å². The number of hydrazone groups is 1. The zero-order chi connectivity index (χ0) is 19.1. The SMILES string of the molecule is O=C(CCC(=O)Nc1ccc(Cl)cc1Cl)N/N=C\c1ccc([N+](=O)[O-])o1. The fraction of sp³-hybridized carbons (Fsp3) is 0.133. The van der Waals surface area contributed by atoms with Crippen LogP contribution in [0.25, 0.3) is 0 Å². The molecule has 0 atom stereocenters. The molecular formula is C15H12Cl2N4O5. The lowest BCUT2D eigenvalue weighted by molar-refractivity contribution is -0.402. The zero-order valence-corrected chi connectivity index (χ0v) is 14.6. The Labute approximate surface area is 157 Å². The first kappa shape index (κ1) is 19.4. The van der Waals surface area contributed by atoms with Crippen LogP contribution in [-0.4, -0.2) is 23.0 Å². The van der Waals surface area contributed by atoms with Crippen molar-refractivity contribution < 1.29 is 18.9 Å². The van der Waals surface area contributed by atoms with E-state index >= 15 is 0 Å².